The SMILES string of the molecule is CN(C1CC(OCCCCc2ccc3c(n2)NCCC3)C1)C(C(=O)O)c1cc(F)ccc1C1CCC(F)(F)CO1. The van der Waals surface area contributed by atoms with Crippen molar-refractivity contribution in [3.63, 3.8) is 0 Å². The highest BCUT2D eigenvalue weighted by Gasteiger charge is 2.42. The predicted octanol–water partition coefficient (Wildman–Crippen LogP) is 5.69. The van der Waals surface area contributed by atoms with Crippen LogP contribution in [0.3, 0.4) is 0 Å². The number of pyridine rings is 1. The first kappa shape index (κ1) is 28.8. The number of carboxylic acid groups (broad SMARTS) is 1. The van der Waals surface area contributed by atoms with Crippen LogP contribution >= 0.6 is 0 Å². The van der Waals surface area contributed by atoms with Gasteiger partial charge in [0.2, 0.25) is 0 Å². The van der Waals surface area contributed by atoms with Crippen molar-refractivity contribution in [2.75, 3.05) is 32.1 Å². The Morgan fingerprint density at radius 1 is 1.27 bits per heavy atom. The zero-order valence-corrected chi connectivity index (χ0v) is 22.9. The minimum absolute atomic E-state index is 0.0421. The van der Waals surface area contributed by atoms with Gasteiger partial charge in [0.25, 0.3) is 5.92 Å². The van der Waals surface area contributed by atoms with Gasteiger partial charge in [-0.2, -0.15) is 0 Å². The van der Waals surface area contributed by atoms with Crippen molar-refractivity contribution in [1.29, 1.82) is 0 Å². The van der Waals surface area contributed by atoms with Crippen molar-refractivity contribution < 1.29 is 32.5 Å². The van der Waals surface area contributed by atoms with E-state index in [0.29, 0.717) is 25.0 Å². The zero-order valence-electron chi connectivity index (χ0n) is 22.9. The van der Waals surface area contributed by atoms with Crippen molar-refractivity contribution >= 4 is 11.8 Å². The highest BCUT2D eigenvalue weighted by atomic mass is 19.3. The van der Waals surface area contributed by atoms with Crippen LogP contribution in [-0.4, -0.2) is 65.8 Å². The lowest BCUT2D eigenvalue weighted by Crippen LogP contribution is -2.49. The van der Waals surface area contributed by atoms with Gasteiger partial charge in [-0.05, 0) is 93.3 Å². The Labute approximate surface area is 233 Å². The topological polar surface area (TPSA) is 83.9 Å². The third-order valence-corrected chi connectivity index (χ3v) is 8.38. The minimum Gasteiger partial charge on any atom is -0.480 e. The monoisotopic (exact) mass is 561 g/mol. The highest BCUT2D eigenvalue weighted by molar-refractivity contribution is 5.76. The van der Waals surface area contributed by atoms with Gasteiger partial charge in [0.1, 0.15) is 24.3 Å². The predicted molar refractivity (Wildman–Crippen MR) is 144 cm³/mol. The number of hydrogen-bond donors (Lipinski definition) is 2. The molecule has 40 heavy (non-hydrogen) atoms. The summed E-state index contributed by atoms with van der Waals surface area (Å²) >= 11 is 0. The second-order valence-corrected chi connectivity index (χ2v) is 11.3. The Kier molecular flexibility index (Phi) is 8.97. The number of benzene rings is 1. The maximum atomic E-state index is 14.3. The van der Waals surface area contributed by atoms with Crippen molar-refractivity contribution in [1.82, 2.24) is 9.88 Å². The van der Waals surface area contributed by atoms with Gasteiger partial charge in [0, 0.05) is 31.3 Å². The minimum atomic E-state index is -2.91. The fourth-order valence-corrected chi connectivity index (χ4v) is 5.95. The molecule has 10 heteroatoms. The molecular formula is C30H38F3N3O4. The van der Waals surface area contributed by atoms with E-state index in [4.69, 9.17) is 14.5 Å². The van der Waals surface area contributed by atoms with Crippen molar-refractivity contribution in [2.24, 2.45) is 0 Å². The molecule has 1 aliphatic carbocycles. The van der Waals surface area contributed by atoms with Gasteiger partial charge in [-0.15, -0.1) is 0 Å². The Morgan fingerprint density at radius 2 is 2.10 bits per heavy atom. The largest absolute Gasteiger partial charge is 0.480 e. The molecule has 0 spiro atoms. The number of aryl methyl sites for hydroxylation is 2. The van der Waals surface area contributed by atoms with Gasteiger partial charge in [-0.25, -0.2) is 18.2 Å². The molecule has 1 aromatic heterocycles. The first-order valence-electron chi connectivity index (χ1n) is 14.3. The molecule has 1 saturated heterocycles. The van der Waals surface area contributed by atoms with Crippen molar-refractivity contribution in [3.8, 4) is 0 Å². The second kappa shape index (κ2) is 12.4. The van der Waals surface area contributed by atoms with E-state index in [1.807, 2.05) is 0 Å². The molecule has 1 aromatic carbocycles. The summed E-state index contributed by atoms with van der Waals surface area (Å²) in [5, 5.41) is 13.5. The van der Waals surface area contributed by atoms with Crippen LogP contribution in [0.2, 0.25) is 0 Å². The molecule has 3 heterocycles. The maximum absolute atomic E-state index is 14.3. The number of anilines is 1. The molecule has 2 atom stereocenters. The zero-order chi connectivity index (χ0) is 28.3. The molecule has 2 aromatic rings. The number of carboxylic acids is 1. The smallest absolute Gasteiger partial charge is 0.325 e. The molecule has 2 fully saturated rings. The summed E-state index contributed by atoms with van der Waals surface area (Å²) in [6, 6.07) is 6.99. The Hall–Kier alpha value is -2.69. The highest BCUT2D eigenvalue weighted by Crippen LogP contribution is 2.41. The van der Waals surface area contributed by atoms with Crippen LogP contribution in [0, 0.1) is 5.82 Å². The number of carbonyl (C=O) groups is 1. The summed E-state index contributed by atoms with van der Waals surface area (Å²) in [6.45, 7) is 0.872. The van der Waals surface area contributed by atoms with E-state index in [0.717, 1.165) is 50.2 Å². The summed E-state index contributed by atoms with van der Waals surface area (Å²) in [5.74, 6) is -3.58. The molecule has 2 aliphatic heterocycles. The van der Waals surface area contributed by atoms with Crippen molar-refractivity contribution in [3.05, 3.63) is 58.5 Å². The van der Waals surface area contributed by atoms with Crippen LogP contribution in [0.4, 0.5) is 19.0 Å². The van der Waals surface area contributed by atoms with Crippen LogP contribution in [0.15, 0.2) is 30.3 Å². The lowest BCUT2D eigenvalue weighted by molar-refractivity contribution is -0.149. The number of hydrogen-bond acceptors (Lipinski definition) is 6. The molecule has 0 bridgehead atoms. The second-order valence-electron chi connectivity index (χ2n) is 11.3. The molecule has 0 amide bonds. The van der Waals surface area contributed by atoms with Gasteiger partial charge in [0.15, 0.2) is 0 Å². The summed E-state index contributed by atoms with van der Waals surface area (Å²) in [5.41, 5.74) is 3.07. The number of aromatic nitrogens is 1. The quantitative estimate of drug-likeness (QED) is 0.341. The van der Waals surface area contributed by atoms with Crippen LogP contribution < -0.4 is 5.32 Å². The van der Waals surface area contributed by atoms with E-state index in [-0.39, 0.29) is 30.6 Å². The third-order valence-electron chi connectivity index (χ3n) is 8.38. The molecule has 218 valence electrons. The summed E-state index contributed by atoms with van der Waals surface area (Å²) < 4.78 is 53.0. The number of alkyl halides is 2. The number of ether oxygens (including phenoxy) is 2. The summed E-state index contributed by atoms with van der Waals surface area (Å²) in [7, 11) is 1.71. The number of unbranched alkanes of at least 4 members (excludes halogenated alkanes) is 1. The Balaban J connectivity index is 1.11. The van der Waals surface area contributed by atoms with Crippen LogP contribution in [0.25, 0.3) is 0 Å². The summed E-state index contributed by atoms with van der Waals surface area (Å²) in [6.07, 6.45) is 5.38. The molecule has 2 N–H and O–H groups in total. The van der Waals surface area contributed by atoms with E-state index >= 15 is 0 Å². The van der Waals surface area contributed by atoms with Gasteiger partial charge in [0.05, 0.1) is 12.2 Å². The standard InChI is InChI=1S/C30H38F3N3O4/c1-36(27(29(37)38)25-15-20(31)8-10-24(25)26-11-12-30(32,33)18-40-26)22-16-23(17-22)39-14-3-2-6-21-9-7-19-5-4-13-34-28(19)35-21/h7-10,15,22-23,26-27H,2-6,11-14,16-18H2,1H3,(H,34,35)(H,37,38). The number of nitrogens with one attached hydrogen (secondary N) is 1. The van der Waals surface area contributed by atoms with Crippen LogP contribution in [0.5, 0.6) is 0 Å². The number of fused-ring (bicyclic) bond motifs is 1. The van der Waals surface area contributed by atoms with Crippen molar-refractivity contribution in [2.45, 2.75) is 88.0 Å². The molecule has 3 aliphatic rings. The van der Waals surface area contributed by atoms with Gasteiger partial charge in [-0.3, -0.25) is 9.69 Å². The first-order chi connectivity index (χ1) is 19.2. The van der Waals surface area contributed by atoms with Gasteiger partial charge < -0.3 is 19.9 Å². The Morgan fingerprint density at radius 3 is 2.85 bits per heavy atom. The normalized spacial score (nSPS) is 24.6. The average Bonchev–Trinajstić information content (AvgIpc) is 2.89. The molecule has 7 nitrogen and oxygen atoms in total. The van der Waals surface area contributed by atoms with E-state index < -0.39 is 36.5 Å². The molecule has 1 saturated carbocycles. The molecule has 0 radical (unpaired) electrons. The summed E-state index contributed by atoms with van der Waals surface area (Å²) in [4.78, 5) is 18.9. The van der Waals surface area contributed by atoms with E-state index in [1.165, 1.54) is 23.8 Å². The maximum Gasteiger partial charge on any atom is 0.325 e. The molecular weight excluding hydrogens is 523 g/mol. The lowest BCUT2D eigenvalue weighted by atomic mass is 9.85. The number of rotatable bonds is 11. The lowest BCUT2D eigenvalue weighted by Gasteiger charge is -2.43. The first-order valence-corrected chi connectivity index (χ1v) is 14.3. The fraction of sp³-hybridized carbons (Fsp3) is 0.600. The number of aliphatic carboxylic acids is 1. The Bertz CT molecular complexity index is 1180. The van der Waals surface area contributed by atoms with Gasteiger partial charge >= 0.3 is 5.97 Å². The third kappa shape index (κ3) is 6.78. The molecule has 2 unspecified atom stereocenters. The van der Waals surface area contributed by atoms with Gasteiger partial charge in [-0.1, -0.05) is 12.1 Å². The van der Waals surface area contributed by atoms with E-state index in [2.05, 4.69) is 17.4 Å². The number of likely N-dealkylation sites (N-methyl/N-ethyl adjacent to an activating group) is 1. The number of halogens is 3. The van der Waals surface area contributed by atoms with E-state index in [1.54, 1.807) is 11.9 Å². The molecule has 5 rings (SSSR count). The average molecular weight is 562 g/mol. The number of nitrogens with zero attached hydrogens (tertiary/aromatic N) is 2. The van der Waals surface area contributed by atoms with E-state index in [9.17, 15) is 23.1 Å². The fourth-order valence-electron chi connectivity index (χ4n) is 5.95. The van der Waals surface area contributed by atoms with Crippen LogP contribution in [0.1, 0.15) is 79.5 Å². The van der Waals surface area contributed by atoms with Crippen LogP contribution in [-0.2, 0) is 27.1 Å².